The number of aromatic carboxylic acids is 1. The number of hydrogen-bond donors (Lipinski definition) is 1. The molecule has 0 unspecified atom stereocenters. The number of carbonyl (C=O) groups is 1. The van der Waals surface area contributed by atoms with Crippen LogP contribution < -0.4 is 9.47 Å². The van der Waals surface area contributed by atoms with E-state index in [1.54, 1.807) is 0 Å². The van der Waals surface area contributed by atoms with Crippen LogP contribution in [0.25, 0.3) is 6.08 Å². The average molecular weight is 459 g/mol. The van der Waals surface area contributed by atoms with Crippen molar-refractivity contribution >= 4 is 17.7 Å². The van der Waals surface area contributed by atoms with Gasteiger partial charge < -0.3 is 14.6 Å². The molecular weight excluding hydrogens is 443 g/mol. The lowest BCUT2D eigenvalue weighted by Gasteiger charge is -2.12. The molecule has 0 saturated heterocycles. The molecule has 0 spiro atoms. The van der Waals surface area contributed by atoms with Gasteiger partial charge in [-0.3, -0.25) is 10.1 Å². The molecule has 10 heteroatoms. The van der Waals surface area contributed by atoms with Crippen molar-refractivity contribution in [3.63, 3.8) is 0 Å². The van der Waals surface area contributed by atoms with Gasteiger partial charge in [0.25, 0.3) is 5.69 Å². The van der Waals surface area contributed by atoms with Gasteiger partial charge in [-0.15, -0.1) is 0 Å². The van der Waals surface area contributed by atoms with E-state index in [0.29, 0.717) is 5.56 Å². The lowest BCUT2D eigenvalue weighted by atomic mass is 10.1. The molecule has 3 aromatic carbocycles. The number of carboxylic acid groups (broad SMARTS) is 1. The Kier molecular flexibility index (Phi) is 6.97. The Balaban J connectivity index is 1.75. The molecule has 0 atom stereocenters. The third-order valence-electron chi connectivity index (χ3n) is 4.33. The quantitative estimate of drug-likeness (QED) is 0.318. The van der Waals surface area contributed by atoms with Gasteiger partial charge in [-0.1, -0.05) is 24.3 Å². The summed E-state index contributed by atoms with van der Waals surface area (Å²) < 4.78 is 49.1. The first kappa shape index (κ1) is 23.3. The van der Waals surface area contributed by atoms with E-state index in [2.05, 4.69) is 0 Å². The molecule has 0 aliphatic carbocycles. The first-order chi connectivity index (χ1) is 15.6. The molecule has 0 radical (unpaired) electrons. The average Bonchev–Trinajstić information content (AvgIpc) is 2.77. The summed E-state index contributed by atoms with van der Waals surface area (Å²) in [7, 11) is 0. The van der Waals surface area contributed by atoms with Gasteiger partial charge in [-0.2, -0.15) is 13.2 Å². The number of rotatable bonds is 8. The summed E-state index contributed by atoms with van der Waals surface area (Å²) in [6.07, 6.45) is -1.36. The van der Waals surface area contributed by atoms with Gasteiger partial charge >= 0.3 is 12.1 Å². The fourth-order valence-corrected chi connectivity index (χ4v) is 2.73. The molecule has 1 N–H and O–H groups in total. The highest BCUT2D eigenvalue weighted by Gasteiger charge is 2.29. The SMILES string of the molecule is O=C(O)c1cccc(Oc2ccc([N+](=O)[O-])cc2OCC=Cc2ccc(C(F)(F)F)cc2)c1. The molecule has 7 nitrogen and oxygen atoms in total. The van der Waals surface area contributed by atoms with Crippen molar-refractivity contribution in [3.8, 4) is 17.2 Å². The molecule has 33 heavy (non-hydrogen) atoms. The molecule has 0 aliphatic rings. The van der Waals surface area contributed by atoms with Crippen molar-refractivity contribution in [1.29, 1.82) is 0 Å². The fraction of sp³-hybridized carbons (Fsp3) is 0.0870. The molecule has 170 valence electrons. The van der Waals surface area contributed by atoms with E-state index in [0.717, 1.165) is 18.2 Å². The lowest BCUT2D eigenvalue weighted by molar-refractivity contribution is -0.385. The second-order valence-corrected chi connectivity index (χ2v) is 6.66. The summed E-state index contributed by atoms with van der Waals surface area (Å²) in [6, 6.07) is 13.9. The second kappa shape index (κ2) is 9.86. The number of halogens is 3. The number of benzene rings is 3. The normalized spacial score (nSPS) is 11.4. The van der Waals surface area contributed by atoms with Crippen LogP contribution in [0.5, 0.6) is 17.2 Å². The molecule has 0 heterocycles. The van der Waals surface area contributed by atoms with Crippen LogP contribution in [0.4, 0.5) is 18.9 Å². The maximum absolute atomic E-state index is 12.6. The van der Waals surface area contributed by atoms with Gasteiger partial charge in [0.05, 0.1) is 22.1 Å². The van der Waals surface area contributed by atoms with E-state index < -0.39 is 22.6 Å². The predicted octanol–water partition coefficient (Wildman–Crippen LogP) is 6.20. The van der Waals surface area contributed by atoms with Gasteiger partial charge in [-0.05, 0) is 48.0 Å². The van der Waals surface area contributed by atoms with E-state index in [1.807, 2.05) is 0 Å². The van der Waals surface area contributed by atoms with Crippen LogP contribution in [-0.2, 0) is 6.18 Å². The van der Waals surface area contributed by atoms with Crippen molar-refractivity contribution in [3.05, 3.63) is 99.6 Å². The van der Waals surface area contributed by atoms with E-state index >= 15 is 0 Å². The zero-order valence-corrected chi connectivity index (χ0v) is 16.8. The highest BCUT2D eigenvalue weighted by molar-refractivity contribution is 5.88. The maximum Gasteiger partial charge on any atom is 0.416 e. The monoisotopic (exact) mass is 459 g/mol. The molecule has 0 bridgehead atoms. The van der Waals surface area contributed by atoms with E-state index in [4.69, 9.17) is 14.6 Å². The van der Waals surface area contributed by atoms with Crippen LogP contribution in [0, 0.1) is 10.1 Å². The summed E-state index contributed by atoms with van der Waals surface area (Å²) in [5.74, 6) is -0.809. The van der Waals surface area contributed by atoms with Crippen molar-refractivity contribution in [2.45, 2.75) is 6.18 Å². The van der Waals surface area contributed by atoms with Gasteiger partial charge in [0.15, 0.2) is 11.5 Å². The lowest BCUT2D eigenvalue weighted by Crippen LogP contribution is -2.04. The molecule has 3 aromatic rings. The van der Waals surface area contributed by atoms with Crippen LogP contribution >= 0.6 is 0 Å². The Hall–Kier alpha value is -4.34. The van der Waals surface area contributed by atoms with Crippen molar-refractivity contribution in [1.82, 2.24) is 0 Å². The number of carboxylic acids is 1. The Morgan fingerprint density at radius 2 is 1.76 bits per heavy atom. The van der Waals surface area contributed by atoms with Gasteiger partial charge in [0.2, 0.25) is 0 Å². The van der Waals surface area contributed by atoms with E-state index in [1.165, 1.54) is 60.7 Å². The summed E-state index contributed by atoms with van der Waals surface area (Å²) in [5, 5.41) is 20.2. The Bertz CT molecular complexity index is 1190. The minimum Gasteiger partial charge on any atom is -0.485 e. The van der Waals surface area contributed by atoms with Crippen molar-refractivity contribution < 1.29 is 37.5 Å². The number of non-ortho nitro benzene ring substituents is 1. The van der Waals surface area contributed by atoms with Crippen LogP contribution in [0.15, 0.2) is 72.8 Å². The predicted molar refractivity (Wildman–Crippen MR) is 113 cm³/mol. The third kappa shape index (κ3) is 6.33. The Morgan fingerprint density at radius 3 is 2.39 bits per heavy atom. The molecule has 0 aliphatic heterocycles. The molecular formula is C23H16F3NO6. The topological polar surface area (TPSA) is 98.9 Å². The Morgan fingerprint density at radius 1 is 1.03 bits per heavy atom. The number of nitrogens with zero attached hydrogens (tertiary/aromatic N) is 1. The highest BCUT2D eigenvalue weighted by atomic mass is 19.4. The van der Waals surface area contributed by atoms with E-state index in [-0.39, 0.29) is 35.1 Å². The second-order valence-electron chi connectivity index (χ2n) is 6.66. The molecule has 0 fully saturated rings. The zero-order valence-electron chi connectivity index (χ0n) is 16.8. The first-order valence-corrected chi connectivity index (χ1v) is 9.40. The molecule has 3 rings (SSSR count). The summed E-state index contributed by atoms with van der Waals surface area (Å²) in [6.45, 7) is -0.0618. The van der Waals surface area contributed by atoms with Crippen LogP contribution in [0.3, 0.4) is 0 Å². The number of nitro groups is 1. The minimum atomic E-state index is -4.42. The van der Waals surface area contributed by atoms with Gasteiger partial charge in [-0.25, -0.2) is 4.79 Å². The van der Waals surface area contributed by atoms with Gasteiger partial charge in [0.1, 0.15) is 12.4 Å². The van der Waals surface area contributed by atoms with E-state index in [9.17, 15) is 28.1 Å². The van der Waals surface area contributed by atoms with Crippen molar-refractivity contribution in [2.75, 3.05) is 6.61 Å². The summed E-state index contributed by atoms with van der Waals surface area (Å²) in [4.78, 5) is 21.6. The zero-order chi connectivity index (χ0) is 24.0. The van der Waals surface area contributed by atoms with Crippen LogP contribution in [-0.4, -0.2) is 22.6 Å². The maximum atomic E-state index is 12.6. The molecule has 0 saturated carbocycles. The van der Waals surface area contributed by atoms with Crippen molar-refractivity contribution in [2.24, 2.45) is 0 Å². The molecule has 0 amide bonds. The largest absolute Gasteiger partial charge is 0.485 e. The van der Waals surface area contributed by atoms with Crippen LogP contribution in [0.1, 0.15) is 21.5 Å². The fourth-order valence-electron chi connectivity index (χ4n) is 2.73. The molecule has 0 aromatic heterocycles. The number of ether oxygens (including phenoxy) is 2. The first-order valence-electron chi connectivity index (χ1n) is 9.40. The number of nitro benzene ring substituents is 1. The highest BCUT2D eigenvalue weighted by Crippen LogP contribution is 2.35. The number of alkyl halides is 3. The minimum absolute atomic E-state index is 0.00338. The summed E-state index contributed by atoms with van der Waals surface area (Å²) >= 11 is 0. The third-order valence-corrected chi connectivity index (χ3v) is 4.33. The smallest absolute Gasteiger partial charge is 0.416 e. The standard InChI is InChI=1S/C23H16F3NO6/c24-23(25,26)17-8-6-15(7-9-17)3-2-12-32-21-14-18(27(30)31)10-11-20(21)33-19-5-1-4-16(13-19)22(28)29/h1-11,13-14H,12H2,(H,28,29). The van der Waals surface area contributed by atoms with Crippen LogP contribution in [0.2, 0.25) is 0 Å². The van der Waals surface area contributed by atoms with Gasteiger partial charge in [0, 0.05) is 6.07 Å². The number of hydrogen-bond acceptors (Lipinski definition) is 5. The summed E-state index contributed by atoms with van der Waals surface area (Å²) in [5.41, 5.74) is -0.506. The Labute approximate surface area is 185 Å².